The standard InChI is InChI=1S/C9H17IN2O/c1-4-5-8-7(6-10)11-9(13-8)12(2)3/h7-8H,4-6H2,1-3H3. The molecule has 2 unspecified atom stereocenters. The molecule has 2 atom stereocenters. The number of amidine groups is 1. The van der Waals surface area contributed by atoms with Gasteiger partial charge in [-0.15, -0.1) is 0 Å². The fraction of sp³-hybridized carbons (Fsp3) is 0.889. The second kappa shape index (κ2) is 5.02. The lowest BCUT2D eigenvalue weighted by molar-refractivity contribution is 0.166. The molecular weight excluding hydrogens is 279 g/mol. The van der Waals surface area contributed by atoms with Gasteiger partial charge < -0.3 is 9.64 Å². The molecular formula is C9H17IN2O. The Morgan fingerprint density at radius 1 is 1.54 bits per heavy atom. The van der Waals surface area contributed by atoms with Crippen LogP contribution >= 0.6 is 22.6 Å². The highest BCUT2D eigenvalue weighted by molar-refractivity contribution is 14.1. The predicted octanol–water partition coefficient (Wildman–Crippen LogP) is 1.91. The third-order valence-corrected chi connectivity index (χ3v) is 2.98. The van der Waals surface area contributed by atoms with E-state index in [9.17, 15) is 0 Å². The first-order valence-electron chi connectivity index (χ1n) is 4.66. The van der Waals surface area contributed by atoms with Gasteiger partial charge in [0.15, 0.2) is 0 Å². The molecule has 0 fully saturated rings. The van der Waals surface area contributed by atoms with Gasteiger partial charge in [0.05, 0.1) is 0 Å². The minimum atomic E-state index is 0.305. The normalized spacial score (nSPS) is 26.9. The quantitative estimate of drug-likeness (QED) is 0.587. The van der Waals surface area contributed by atoms with Crippen molar-refractivity contribution in [1.82, 2.24) is 4.90 Å². The Morgan fingerprint density at radius 3 is 2.69 bits per heavy atom. The molecule has 0 radical (unpaired) electrons. The van der Waals surface area contributed by atoms with Crippen molar-refractivity contribution in [2.45, 2.75) is 31.9 Å². The van der Waals surface area contributed by atoms with Crippen molar-refractivity contribution >= 4 is 28.6 Å². The summed E-state index contributed by atoms with van der Waals surface area (Å²) in [5.41, 5.74) is 0. The molecule has 13 heavy (non-hydrogen) atoms. The number of nitrogens with zero attached hydrogens (tertiary/aromatic N) is 2. The minimum absolute atomic E-state index is 0.305. The lowest BCUT2D eigenvalue weighted by Gasteiger charge is -2.16. The van der Waals surface area contributed by atoms with Crippen molar-refractivity contribution in [3.63, 3.8) is 0 Å². The van der Waals surface area contributed by atoms with Gasteiger partial charge in [-0.1, -0.05) is 35.9 Å². The maximum absolute atomic E-state index is 5.74. The number of rotatable bonds is 3. The number of halogens is 1. The molecule has 0 N–H and O–H groups in total. The Labute approximate surface area is 93.7 Å². The van der Waals surface area contributed by atoms with Crippen LogP contribution in [0.2, 0.25) is 0 Å². The average Bonchev–Trinajstić information content (AvgIpc) is 2.48. The van der Waals surface area contributed by atoms with Crippen LogP contribution in [0.3, 0.4) is 0 Å². The van der Waals surface area contributed by atoms with Gasteiger partial charge in [-0.2, -0.15) is 0 Å². The fourth-order valence-electron chi connectivity index (χ4n) is 1.36. The Hall–Kier alpha value is 0. The molecule has 0 aromatic rings. The van der Waals surface area contributed by atoms with Gasteiger partial charge in [0.25, 0.3) is 6.02 Å². The van der Waals surface area contributed by atoms with E-state index < -0.39 is 0 Å². The summed E-state index contributed by atoms with van der Waals surface area (Å²) in [6.07, 6.45) is 2.57. The predicted molar refractivity (Wildman–Crippen MR) is 63.6 cm³/mol. The zero-order valence-corrected chi connectivity index (χ0v) is 10.6. The molecule has 0 spiro atoms. The summed E-state index contributed by atoms with van der Waals surface area (Å²) in [4.78, 5) is 6.46. The highest BCUT2D eigenvalue weighted by Gasteiger charge is 2.29. The lowest BCUT2D eigenvalue weighted by Crippen LogP contribution is -2.26. The topological polar surface area (TPSA) is 24.8 Å². The minimum Gasteiger partial charge on any atom is -0.460 e. The monoisotopic (exact) mass is 296 g/mol. The molecule has 0 aromatic heterocycles. The Kier molecular flexibility index (Phi) is 4.28. The van der Waals surface area contributed by atoms with Crippen LogP contribution in [-0.2, 0) is 4.74 Å². The van der Waals surface area contributed by atoms with E-state index >= 15 is 0 Å². The van der Waals surface area contributed by atoms with Gasteiger partial charge >= 0.3 is 0 Å². The van der Waals surface area contributed by atoms with E-state index in [1.165, 1.54) is 0 Å². The van der Waals surface area contributed by atoms with Gasteiger partial charge in [-0.3, -0.25) is 0 Å². The highest BCUT2D eigenvalue weighted by Crippen LogP contribution is 2.20. The van der Waals surface area contributed by atoms with Crippen LogP contribution in [0.5, 0.6) is 0 Å². The summed E-state index contributed by atoms with van der Waals surface area (Å²) in [6.45, 7) is 2.18. The van der Waals surface area contributed by atoms with Crippen LogP contribution in [0.1, 0.15) is 19.8 Å². The Balaban J connectivity index is 2.56. The molecule has 1 aliphatic heterocycles. The van der Waals surface area contributed by atoms with Crippen molar-refractivity contribution in [3.8, 4) is 0 Å². The smallest absolute Gasteiger partial charge is 0.287 e. The van der Waals surface area contributed by atoms with Crippen LogP contribution in [0.15, 0.2) is 4.99 Å². The second-order valence-corrected chi connectivity index (χ2v) is 4.35. The third-order valence-electron chi connectivity index (χ3n) is 2.08. The fourth-order valence-corrected chi connectivity index (χ4v) is 2.12. The molecule has 0 aromatic carbocycles. The summed E-state index contributed by atoms with van der Waals surface area (Å²) >= 11 is 2.37. The SMILES string of the molecule is CCCC1OC(N(C)C)=NC1CI. The zero-order chi connectivity index (χ0) is 9.84. The van der Waals surface area contributed by atoms with Gasteiger partial charge in [-0.25, -0.2) is 4.99 Å². The third kappa shape index (κ3) is 2.72. The molecule has 0 bridgehead atoms. The van der Waals surface area contributed by atoms with E-state index in [-0.39, 0.29) is 0 Å². The van der Waals surface area contributed by atoms with E-state index in [0.29, 0.717) is 12.1 Å². The first kappa shape index (κ1) is 11.1. The van der Waals surface area contributed by atoms with Crippen molar-refractivity contribution in [3.05, 3.63) is 0 Å². The first-order valence-corrected chi connectivity index (χ1v) is 6.19. The number of alkyl halides is 1. The van der Waals surface area contributed by atoms with Gasteiger partial charge in [0.2, 0.25) is 0 Å². The Morgan fingerprint density at radius 2 is 2.23 bits per heavy atom. The van der Waals surface area contributed by atoms with E-state index in [1.807, 2.05) is 19.0 Å². The van der Waals surface area contributed by atoms with Crippen molar-refractivity contribution in [1.29, 1.82) is 0 Å². The van der Waals surface area contributed by atoms with E-state index in [4.69, 9.17) is 4.74 Å². The summed E-state index contributed by atoms with van der Waals surface area (Å²) in [5.74, 6) is 0. The average molecular weight is 296 g/mol. The molecule has 0 saturated heterocycles. The van der Waals surface area contributed by atoms with E-state index in [2.05, 4.69) is 34.5 Å². The van der Waals surface area contributed by atoms with Gasteiger partial charge in [-0.05, 0) is 6.42 Å². The molecule has 76 valence electrons. The zero-order valence-electron chi connectivity index (χ0n) is 8.46. The van der Waals surface area contributed by atoms with Crippen molar-refractivity contribution in [2.24, 2.45) is 4.99 Å². The molecule has 0 aliphatic carbocycles. The number of ether oxygens (including phenoxy) is 1. The summed E-state index contributed by atoms with van der Waals surface area (Å²) in [6, 6.07) is 1.15. The van der Waals surface area contributed by atoms with Crippen LogP contribution in [-0.4, -0.2) is 41.6 Å². The second-order valence-electron chi connectivity index (χ2n) is 3.47. The van der Waals surface area contributed by atoms with Gasteiger partial charge in [0, 0.05) is 18.5 Å². The molecule has 0 amide bonds. The maximum atomic E-state index is 5.74. The lowest BCUT2D eigenvalue weighted by atomic mass is 10.1. The Bertz CT molecular complexity index is 194. The van der Waals surface area contributed by atoms with Gasteiger partial charge in [0.1, 0.15) is 12.1 Å². The molecule has 1 aliphatic rings. The number of aliphatic imine (C=N–C) groups is 1. The van der Waals surface area contributed by atoms with Crippen LogP contribution in [0.4, 0.5) is 0 Å². The van der Waals surface area contributed by atoms with Crippen molar-refractivity contribution in [2.75, 3.05) is 18.5 Å². The van der Waals surface area contributed by atoms with E-state index in [1.54, 1.807) is 0 Å². The van der Waals surface area contributed by atoms with Crippen LogP contribution < -0.4 is 0 Å². The highest BCUT2D eigenvalue weighted by atomic mass is 127. The summed E-state index contributed by atoms with van der Waals surface area (Å²) < 4.78 is 6.78. The maximum Gasteiger partial charge on any atom is 0.287 e. The number of hydrogen-bond donors (Lipinski definition) is 0. The molecule has 4 heteroatoms. The summed E-state index contributed by atoms with van der Waals surface area (Å²) in [5, 5.41) is 0. The van der Waals surface area contributed by atoms with Crippen LogP contribution in [0.25, 0.3) is 0 Å². The number of hydrogen-bond acceptors (Lipinski definition) is 3. The van der Waals surface area contributed by atoms with E-state index in [0.717, 1.165) is 23.3 Å². The molecule has 1 heterocycles. The molecule has 0 saturated carbocycles. The van der Waals surface area contributed by atoms with Crippen molar-refractivity contribution < 1.29 is 4.74 Å². The summed E-state index contributed by atoms with van der Waals surface area (Å²) in [7, 11) is 3.94. The largest absolute Gasteiger partial charge is 0.460 e. The molecule has 3 nitrogen and oxygen atoms in total. The molecule has 1 rings (SSSR count). The first-order chi connectivity index (χ1) is 6.19. The van der Waals surface area contributed by atoms with Crippen LogP contribution in [0, 0.1) is 0 Å².